The van der Waals surface area contributed by atoms with Gasteiger partial charge in [0.15, 0.2) is 0 Å². The van der Waals surface area contributed by atoms with Gasteiger partial charge in [0.1, 0.15) is 22.1 Å². The quantitative estimate of drug-likeness (QED) is 0.746. The summed E-state index contributed by atoms with van der Waals surface area (Å²) < 4.78 is 5.19. The van der Waals surface area contributed by atoms with Crippen LogP contribution in [0.2, 0.25) is 0 Å². The van der Waals surface area contributed by atoms with Gasteiger partial charge in [-0.05, 0) is 24.1 Å². The van der Waals surface area contributed by atoms with Gasteiger partial charge in [0.2, 0.25) is 0 Å². The van der Waals surface area contributed by atoms with E-state index in [9.17, 15) is 4.79 Å². The Kier molecular flexibility index (Phi) is 5.12. The maximum absolute atomic E-state index is 12.2. The van der Waals surface area contributed by atoms with Gasteiger partial charge in [-0.3, -0.25) is 14.8 Å². The molecule has 2 aromatic heterocycles. The summed E-state index contributed by atoms with van der Waals surface area (Å²) in [6.07, 6.45) is 5.56. The highest BCUT2D eigenvalue weighted by atomic mass is 32.1. The van der Waals surface area contributed by atoms with Crippen LogP contribution in [-0.4, -0.2) is 34.5 Å². The second kappa shape index (κ2) is 7.65. The number of nitrogens with zero attached hydrogens (tertiary/aromatic N) is 3. The Labute approximate surface area is 143 Å². The molecular weight excluding hydrogens is 324 g/mol. The van der Waals surface area contributed by atoms with Crippen molar-refractivity contribution in [2.75, 3.05) is 13.7 Å². The van der Waals surface area contributed by atoms with Crippen LogP contribution in [0.1, 0.15) is 16.1 Å². The van der Waals surface area contributed by atoms with E-state index in [1.807, 2.05) is 24.3 Å². The third kappa shape index (κ3) is 3.94. The molecule has 0 aliphatic heterocycles. The Balaban J connectivity index is 1.56. The van der Waals surface area contributed by atoms with Gasteiger partial charge in [-0.2, -0.15) is 0 Å². The Bertz CT molecular complexity index is 820. The van der Waals surface area contributed by atoms with Crippen LogP contribution >= 0.6 is 11.3 Å². The maximum Gasteiger partial charge on any atom is 0.270 e. The third-order valence-electron chi connectivity index (χ3n) is 3.35. The second-order valence-corrected chi connectivity index (χ2v) is 5.84. The van der Waals surface area contributed by atoms with Crippen LogP contribution in [0.15, 0.2) is 48.2 Å². The number of rotatable bonds is 6. The molecule has 1 N–H and O–H groups in total. The molecule has 3 rings (SSSR count). The SMILES string of the molecule is COc1cccc(CCNC(=O)c2csc(-c3cnccn3)n2)c1. The average Bonchev–Trinajstić information content (AvgIpc) is 3.13. The molecule has 0 saturated carbocycles. The van der Waals surface area contributed by atoms with Gasteiger partial charge < -0.3 is 10.1 Å². The minimum Gasteiger partial charge on any atom is -0.497 e. The van der Waals surface area contributed by atoms with Crippen molar-refractivity contribution in [3.05, 3.63) is 59.5 Å². The molecule has 2 heterocycles. The molecule has 6 nitrogen and oxygen atoms in total. The highest BCUT2D eigenvalue weighted by Crippen LogP contribution is 2.20. The first kappa shape index (κ1) is 16.1. The number of thiazole rings is 1. The van der Waals surface area contributed by atoms with Crippen molar-refractivity contribution >= 4 is 17.2 Å². The zero-order valence-corrected chi connectivity index (χ0v) is 13.9. The van der Waals surface area contributed by atoms with Gasteiger partial charge in [-0.25, -0.2) is 4.98 Å². The number of nitrogens with one attached hydrogen (secondary N) is 1. The standard InChI is InChI=1S/C17H16N4O2S/c1-23-13-4-2-3-12(9-13)5-6-20-16(22)15-11-24-17(21-15)14-10-18-7-8-19-14/h2-4,7-11H,5-6H2,1H3,(H,20,22). The molecule has 0 saturated heterocycles. The van der Waals surface area contributed by atoms with E-state index in [0.717, 1.165) is 17.7 Å². The molecule has 0 radical (unpaired) electrons. The molecule has 1 amide bonds. The van der Waals surface area contributed by atoms with E-state index in [-0.39, 0.29) is 5.91 Å². The van der Waals surface area contributed by atoms with Crippen molar-refractivity contribution in [3.63, 3.8) is 0 Å². The first-order chi connectivity index (χ1) is 11.8. The number of carbonyl (C=O) groups is 1. The fraction of sp³-hybridized carbons (Fsp3) is 0.176. The Morgan fingerprint density at radius 1 is 1.33 bits per heavy atom. The molecule has 0 fully saturated rings. The van der Waals surface area contributed by atoms with Crippen molar-refractivity contribution < 1.29 is 9.53 Å². The van der Waals surface area contributed by atoms with E-state index in [1.54, 1.807) is 31.1 Å². The number of carbonyl (C=O) groups excluding carboxylic acids is 1. The van der Waals surface area contributed by atoms with Crippen LogP contribution in [0.5, 0.6) is 5.75 Å². The van der Waals surface area contributed by atoms with Crippen LogP contribution in [0, 0.1) is 0 Å². The predicted molar refractivity (Wildman–Crippen MR) is 92.2 cm³/mol. The molecule has 7 heteroatoms. The molecule has 0 spiro atoms. The van der Waals surface area contributed by atoms with Crippen molar-refractivity contribution in [1.82, 2.24) is 20.3 Å². The highest BCUT2D eigenvalue weighted by molar-refractivity contribution is 7.13. The molecule has 0 atom stereocenters. The van der Waals surface area contributed by atoms with Crippen molar-refractivity contribution in [1.29, 1.82) is 0 Å². The number of hydrogen-bond acceptors (Lipinski definition) is 6. The van der Waals surface area contributed by atoms with Gasteiger partial charge in [0.05, 0.1) is 13.3 Å². The molecule has 0 unspecified atom stereocenters. The first-order valence-corrected chi connectivity index (χ1v) is 8.27. The predicted octanol–water partition coefficient (Wildman–Crippen LogP) is 2.58. The highest BCUT2D eigenvalue weighted by Gasteiger charge is 2.12. The lowest BCUT2D eigenvalue weighted by Gasteiger charge is -2.05. The van der Waals surface area contributed by atoms with Gasteiger partial charge in [-0.1, -0.05) is 12.1 Å². The largest absolute Gasteiger partial charge is 0.497 e. The second-order valence-electron chi connectivity index (χ2n) is 4.99. The van der Waals surface area contributed by atoms with Gasteiger partial charge in [0, 0.05) is 24.3 Å². The minimum atomic E-state index is -0.190. The first-order valence-electron chi connectivity index (χ1n) is 7.39. The summed E-state index contributed by atoms with van der Waals surface area (Å²) in [5, 5.41) is 5.29. The number of ether oxygens (including phenoxy) is 1. The number of benzene rings is 1. The van der Waals surface area contributed by atoms with Crippen LogP contribution in [0.4, 0.5) is 0 Å². The Hall–Kier alpha value is -2.80. The van der Waals surface area contributed by atoms with E-state index in [2.05, 4.69) is 20.3 Å². The van der Waals surface area contributed by atoms with Crippen LogP contribution in [0.25, 0.3) is 10.7 Å². The molecular formula is C17H16N4O2S. The lowest BCUT2D eigenvalue weighted by Crippen LogP contribution is -2.25. The molecule has 3 aromatic rings. The molecule has 1 aromatic carbocycles. The summed E-state index contributed by atoms with van der Waals surface area (Å²) in [5.74, 6) is 0.622. The fourth-order valence-electron chi connectivity index (χ4n) is 2.14. The molecule has 0 aliphatic rings. The lowest BCUT2D eigenvalue weighted by molar-refractivity contribution is 0.0950. The van der Waals surface area contributed by atoms with Gasteiger partial charge >= 0.3 is 0 Å². The number of methoxy groups -OCH3 is 1. The Morgan fingerprint density at radius 3 is 3.04 bits per heavy atom. The maximum atomic E-state index is 12.2. The van der Waals surface area contributed by atoms with Crippen LogP contribution in [0.3, 0.4) is 0 Å². The summed E-state index contributed by atoms with van der Waals surface area (Å²) in [5.41, 5.74) is 2.16. The zero-order valence-electron chi connectivity index (χ0n) is 13.1. The normalized spacial score (nSPS) is 10.4. The van der Waals surface area contributed by atoms with Crippen molar-refractivity contribution in [2.24, 2.45) is 0 Å². The number of aromatic nitrogens is 3. The van der Waals surface area contributed by atoms with Gasteiger partial charge in [-0.15, -0.1) is 11.3 Å². The summed E-state index contributed by atoms with van der Waals surface area (Å²) in [6, 6.07) is 7.79. The molecule has 24 heavy (non-hydrogen) atoms. The van der Waals surface area contributed by atoms with E-state index in [0.29, 0.717) is 22.9 Å². The summed E-state index contributed by atoms with van der Waals surface area (Å²) in [4.78, 5) is 24.7. The lowest BCUT2D eigenvalue weighted by atomic mass is 10.1. The third-order valence-corrected chi connectivity index (χ3v) is 4.22. The van der Waals surface area contributed by atoms with E-state index >= 15 is 0 Å². The van der Waals surface area contributed by atoms with E-state index in [1.165, 1.54) is 11.3 Å². The monoisotopic (exact) mass is 340 g/mol. The van der Waals surface area contributed by atoms with Gasteiger partial charge in [0.25, 0.3) is 5.91 Å². The van der Waals surface area contributed by atoms with Crippen LogP contribution in [-0.2, 0) is 6.42 Å². The summed E-state index contributed by atoms with van der Waals surface area (Å²) in [7, 11) is 1.64. The summed E-state index contributed by atoms with van der Waals surface area (Å²) >= 11 is 1.37. The Morgan fingerprint density at radius 2 is 2.25 bits per heavy atom. The number of amides is 1. The van der Waals surface area contributed by atoms with E-state index in [4.69, 9.17) is 4.74 Å². The van der Waals surface area contributed by atoms with Crippen molar-refractivity contribution in [2.45, 2.75) is 6.42 Å². The fourth-order valence-corrected chi connectivity index (χ4v) is 2.90. The van der Waals surface area contributed by atoms with Crippen molar-refractivity contribution in [3.8, 4) is 16.5 Å². The minimum absolute atomic E-state index is 0.190. The van der Waals surface area contributed by atoms with E-state index < -0.39 is 0 Å². The zero-order chi connectivity index (χ0) is 16.8. The number of hydrogen-bond donors (Lipinski definition) is 1. The molecule has 122 valence electrons. The van der Waals surface area contributed by atoms with Crippen LogP contribution < -0.4 is 10.1 Å². The smallest absolute Gasteiger partial charge is 0.270 e. The average molecular weight is 340 g/mol. The molecule has 0 aliphatic carbocycles. The molecule has 0 bridgehead atoms. The summed E-state index contributed by atoms with van der Waals surface area (Å²) in [6.45, 7) is 0.532. The topological polar surface area (TPSA) is 77.0 Å².